The minimum atomic E-state index is 0.460. The third-order valence-corrected chi connectivity index (χ3v) is 5.92. The van der Waals surface area contributed by atoms with E-state index in [1.54, 1.807) is 0 Å². The van der Waals surface area contributed by atoms with Gasteiger partial charge in [-0.1, -0.05) is 125 Å². The zero-order valence-electron chi connectivity index (χ0n) is 18.9. The molecule has 28 heavy (non-hydrogen) atoms. The van der Waals surface area contributed by atoms with Gasteiger partial charge in [0.25, 0.3) is 0 Å². The molecule has 0 spiro atoms. The summed E-state index contributed by atoms with van der Waals surface area (Å²) >= 11 is 2.48. The lowest BCUT2D eigenvalue weighted by molar-refractivity contribution is -0.0531. The highest BCUT2D eigenvalue weighted by atomic mass is 127. The van der Waals surface area contributed by atoms with Crippen LogP contribution in [0.15, 0.2) is 12.2 Å². The summed E-state index contributed by atoms with van der Waals surface area (Å²) in [4.78, 5) is 0. The molecule has 0 bridgehead atoms. The molecule has 0 N–H and O–H groups in total. The molecular formula is C25H49IO2. The Kier molecular flexibility index (Phi) is 27.8. The van der Waals surface area contributed by atoms with Crippen LogP contribution in [0.5, 0.6) is 0 Å². The molecule has 0 aromatic carbocycles. The van der Waals surface area contributed by atoms with Crippen LogP contribution in [-0.2, 0) is 9.47 Å². The predicted octanol–water partition coefficient (Wildman–Crippen LogP) is 9.01. The number of ether oxygens (including phenoxy) is 2. The highest BCUT2D eigenvalue weighted by Gasteiger charge is 1.93. The maximum atomic E-state index is 5.55. The van der Waals surface area contributed by atoms with Crippen LogP contribution in [-0.4, -0.2) is 24.4 Å². The molecule has 0 amide bonds. The third kappa shape index (κ3) is 26.4. The van der Waals surface area contributed by atoms with E-state index in [0.717, 1.165) is 19.6 Å². The first-order chi connectivity index (χ1) is 13.9. The zero-order chi connectivity index (χ0) is 20.4. The van der Waals surface area contributed by atoms with Crippen LogP contribution in [0.1, 0.15) is 122 Å². The van der Waals surface area contributed by atoms with Crippen molar-refractivity contribution in [3.8, 4) is 0 Å². The second-order valence-electron chi connectivity index (χ2n) is 7.98. The first-order valence-corrected chi connectivity index (χ1v) is 13.8. The number of alkyl halides is 1. The van der Waals surface area contributed by atoms with Crippen molar-refractivity contribution >= 4 is 22.6 Å². The fourth-order valence-electron chi connectivity index (χ4n) is 3.32. The average molecular weight is 509 g/mol. The molecule has 168 valence electrons. The summed E-state index contributed by atoms with van der Waals surface area (Å²) in [6.45, 7) is 4.37. The van der Waals surface area contributed by atoms with Crippen LogP contribution in [0, 0.1) is 0 Å². The maximum Gasteiger partial charge on any atom is 0.146 e. The highest BCUT2D eigenvalue weighted by Crippen LogP contribution is 2.11. The van der Waals surface area contributed by atoms with Crippen molar-refractivity contribution in [2.75, 3.05) is 24.4 Å². The molecule has 0 radical (unpaired) electrons. The van der Waals surface area contributed by atoms with E-state index < -0.39 is 0 Å². The lowest BCUT2D eigenvalue weighted by atomic mass is 10.1. The lowest BCUT2D eigenvalue weighted by Gasteiger charge is -2.05. The van der Waals surface area contributed by atoms with E-state index >= 15 is 0 Å². The molecule has 0 aliphatic rings. The number of allylic oxidation sites excluding steroid dienone is 1. The SMILES string of the molecule is CCCCCCCCCCOCOCCC=CCCCCCCCCCCI. The van der Waals surface area contributed by atoms with E-state index in [2.05, 4.69) is 41.7 Å². The summed E-state index contributed by atoms with van der Waals surface area (Å²) in [5, 5.41) is 0. The Bertz CT molecular complexity index is 294. The van der Waals surface area contributed by atoms with E-state index in [9.17, 15) is 0 Å². The van der Waals surface area contributed by atoms with Crippen molar-refractivity contribution in [3.05, 3.63) is 12.2 Å². The number of rotatable bonds is 24. The quantitative estimate of drug-likeness (QED) is 0.0426. The number of unbranched alkanes of at least 4 members (excludes halogenated alkanes) is 15. The van der Waals surface area contributed by atoms with Crippen LogP contribution in [0.25, 0.3) is 0 Å². The molecule has 3 heteroatoms. The third-order valence-electron chi connectivity index (χ3n) is 5.16. The lowest BCUT2D eigenvalue weighted by Crippen LogP contribution is -2.02. The fourth-order valence-corrected chi connectivity index (χ4v) is 3.86. The highest BCUT2D eigenvalue weighted by molar-refractivity contribution is 14.1. The Morgan fingerprint density at radius 2 is 1.04 bits per heavy atom. The zero-order valence-corrected chi connectivity index (χ0v) is 21.1. The summed E-state index contributed by atoms with van der Waals surface area (Å²) in [6.07, 6.45) is 28.9. The van der Waals surface area contributed by atoms with Crippen LogP contribution >= 0.6 is 22.6 Å². The van der Waals surface area contributed by atoms with Crippen molar-refractivity contribution in [3.63, 3.8) is 0 Å². The minimum Gasteiger partial charge on any atom is -0.355 e. The van der Waals surface area contributed by atoms with Crippen LogP contribution in [0.2, 0.25) is 0 Å². The second-order valence-corrected chi connectivity index (χ2v) is 9.05. The van der Waals surface area contributed by atoms with Gasteiger partial charge in [0, 0.05) is 6.61 Å². The van der Waals surface area contributed by atoms with Crippen molar-refractivity contribution < 1.29 is 9.47 Å². The Hall–Kier alpha value is 0.390. The van der Waals surface area contributed by atoms with Gasteiger partial charge < -0.3 is 9.47 Å². The monoisotopic (exact) mass is 508 g/mol. The molecule has 0 fully saturated rings. The Morgan fingerprint density at radius 1 is 0.536 bits per heavy atom. The van der Waals surface area contributed by atoms with Crippen molar-refractivity contribution in [1.82, 2.24) is 0 Å². The first-order valence-electron chi connectivity index (χ1n) is 12.3. The molecule has 0 heterocycles. The topological polar surface area (TPSA) is 18.5 Å². The van der Waals surface area contributed by atoms with Gasteiger partial charge in [-0.2, -0.15) is 0 Å². The first kappa shape index (κ1) is 28.4. The van der Waals surface area contributed by atoms with Gasteiger partial charge in [0.1, 0.15) is 6.79 Å². The van der Waals surface area contributed by atoms with Gasteiger partial charge in [-0.25, -0.2) is 0 Å². The Balaban J connectivity index is 3.05. The van der Waals surface area contributed by atoms with Gasteiger partial charge in [-0.05, 0) is 36.5 Å². The predicted molar refractivity (Wildman–Crippen MR) is 134 cm³/mol. The van der Waals surface area contributed by atoms with E-state index in [1.807, 2.05) is 0 Å². The van der Waals surface area contributed by atoms with Crippen LogP contribution in [0.4, 0.5) is 0 Å². The molecule has 0 aliphatic carbocycles. The molecule has 0 atom stereocenters. The summed E-state index contributed by atoms with van der Waals surface area (Å²) in [6, 6.07) is 0. The Labute approximate surface area is 190 Å². The molecule has 0 saturated heterocycles. The number of halogens is 1. The van der Waals surface area contributed by atoms with Gasteiger partial charge in [0.05, 0.1) is 6.61 Å². The van der Waals surface area contributed by atoms with E-state index in [1.165, 1.54) is 114 Å². The smallest absolute Gasteiger partial charge is 0.146 e. The van der Waals surface area contributed by atoms with Crippen molar-refractivity contribution in [2.45, 2.75) is 122 Å². The number of hydrogen-bond donors (Lipinski definition) is 0. The molecule has 0 aromatic heterocycles. The normalized spacial score (nSPS) is 11.6. The van der Waals surface area contributed by atoms with Gasteiger partial charge in [0.2, 0.25) is 0 Å². The Morgan fingerprint density at radius 3 is 1.68 bits per heavy atom. The van der Waals surface area contributed by atoms with Gasteiger partial charge >= 0.3 is 0 Å². The maximum absolute atomic E-state index is 5.55. The summed E-state index contributed by atoms with van der Waals surface area (Å²) in [5.74, 6) is 0. The molecule has 0 aromatic rings. The fraction of sp³-hybridized carbons (Fsp3) is 0.920. The van der Waals surface area contributed by atoms with Crippen LogP contribution < -0.4 is 0 Å². The van der Waals surface area contributed by atoms with Gasteiger partial charge in [-0.3, -0.25) is 0 Å². The van der Waals surface area contributed by atoms with E-state index in [4.69, 9.17) is 9.47 Å². The standard InChI is InChI=1S/C25H49IO2/c1-2-3-4-5-6-14-17-20-23-27-25-28-24-21-18-15-12-10-8-7-9-11-13-16-19-22-26/h15,18H,2-14,16-17,19-25H2,1H3. The van der Waals surface area contributed by atoms with Crippen molar-refractivity contribution in [1.29, 1.82) is 0 Å². The number of hydrogen-bond acceptors (Lipinski definition) is 2. The summed E-state index contributed by atoms with van der Waals surface area (Å²) in [5.41, 5.74) is 0. The van der Waals surface area contributed by atoms with Crippen LogP contribution in [0.3, 0.4) is 0 Å². The summed E-state index contributed by atoms with van der Waals surface area (Å²) in [7, 11) is 0. The summed E-state index contributed by atoms with van der Waals surface area (Å²) < 4.78 is 12.4. The second kappa shape index (κ2) is 27.4. The molecule has 2 nitrogen and oxygen atoms in total. The average Bonchev–Trinajstić information content (AvgIpc) is 2.71. The molecular weight excluding hydrogens is 459 g/mol. The van der Waals surface area contributed by atoms with Crippen molar-refractivity contribution in [2.24, 2.45) is 0 Å². The molecule has 0 aliphatic heterocycles. The minimum absolute atomic E-state index is 0.460. The largest absolute Gasteiger partial charge is 0.355 e. The van der Waals surface area contributed by atoms with E-state index in [-0.39, 0.29) is 0 Å². The molecule has 0 rings (SSSR count). The van der Waals surface area contributed by atoms with Gasteiger partial charge in [-0.15, -0.1) is 0 Å². The molecule has 0 unspecified atom stereocenters. The molecule has 0 saturated carbocycles. The van der Waals surface area contributed by atoms with E-state index in [0.29, 0.717) is 6.79 Å². The van der Waals surface area contributed by atoms with Gasteiger partial charge in [0.15, 0.2) is 0 Å².